The lowest BCUT2D eigenvalue weighted by molar-refractivity contribution is -0.274. The summed E-state index contributed by atoms with van der Waals surface area (Å²) in [5.41, 5.74) is 5.16. The van der Waals surface area contributed by atoms with Crippen LogP contribution < -0.4 is 21.5 Å². The average Bonchev–Trinajstić information content (AvgIpc) is 2.06. The zero-order valence-electron chi connectivity index (χ0n) is 6.93. The predicted molar refractivity (Wildman–Crippen MR) is 44.1 cm³/mol. The number of hydrogen-bond acceptors (Lipinski definition) is 4. The van der Waals surface area contributed by atoms with E-state index >= 15 is 0 Å². The van der Waals surface area contributed by atoms with Crippen LogP contribution in [0.25, 0.3) is 0 Å². The van der Waals surface area contributed by atoms with E-state index in [0.717, 1.165) is 0 Å². The predicted octanol–water partition coefficient (Wildman–Crippen LogP) is 1.38. The first-order chi connectivity index (χ1) is 6.51. The standard InChI is InChI=1S/C7H8F3N3O/c8-7(9,10)14-6-3-1-5(2-4-6)12-13-11/h1-4,12-13H,11H2. The van der Waals surface area contributed by atoms with Gasteiger partial charge in [0.2, 0.25) is 0 Å². The summed E-state index contributed by atoms with van der Waals surface area (Å²) in [6, 6.07) is 5.13. The molecule has 0 radical (unpaired) electrons. The molecule has 4 nitrogen and oxygen atoms in total. The van der Waals surface area contributed by atoms with Crippen LogP contribution in [0, 0.1) is 0 Å². The summed E-state index contributed by atoms with van der Waals surface area (Å²) in [5, 5.41) is 0. The van der Waals surface area contributed by atoms with Crippen molar-refractivity contribution in [3.63, 3.8) is 0 Å². The maximum atomic E-state index is 11.7. The molecule has 0 saturated carbocycles. The van der Waals surface area contributed by atoms with Crippen molar-refractivity contribution >= 4 is 5.69 Å². The molecule has 1 rings (SSSR count). The molecule has 1 aromatic rings. The highest BCUT2D eigenvalue weighted by Crippen LogP contribution is 2.23. The van der Waals surface area contributed by atoms with E-state index < -0.39 is 6.36 Å². The van der Waals surface area contributed by atoms with E-state index in [-0.39, 0.29) is 5.75 Å². The van der Waals surface area contributed by atoms with Crippen LogP contribution in [0.5, 0.6) is 5.75 Å². The largest absolute Gasteiger partial charge is 0.573 e. The van der Waals surface area contributed by atoms with Gasteiger partial charge in [-0.2, -0.15) is 5.53 Å². The molecule has 4 N–H and O–H groups in total. The highest BCUT2D eigenvalue weighted by Gasteiger charge is 2.30. The van der Waals surface area contributed by atoms with Gasteiger partial charge in [0.15, 0.2) is 0 Å². The normalized spacial score (nSPS) is 11.1. The fourth-order valence-electron chi connectivity index (χ4n) is 0.823. The molecule has 0 aliphatic carbocycles. The van der Waals surface area contributed by atoms with Gasteiger partial charge in [-0.25, -0.2) is 0 Å². The van der Waals surface area contributed by atoms with Crippen LogP contribution >= 0.6 is 0 Å². The molecule has 0 amide bonds. The van der Waals surface area contributed by atoms with Crippen molar-refractivity contribution in [2.45, 2.75) is 6.36 Å². The van der Waals surface area contributed by atoms with E-state index in [0.29, 0.717) is 5.69 Å². The summed E-state index contributed by atoms with van der Waals surface area (Å²) in [5.74, 6) is 4.65. The van der Waals surface area contributed by atoms with Gasteiger partial charge in [-0.3, -0.25) is 5.84 Å². The molecular formula is C7H8F3N3O. The van der Waals surface area contributed by atoms with E-state index in [9.17, 15) is 13.2 Å². The molecule has 0 heterocycles. The van der Waals surface area contributed by atoms with Gasteiger partial charge < -0.3 is 10.2 Å². The van der Waals surface area contributed by atoms with Crippen molar-refractivity contribution < 1.29 is 17.9 Å². The number of nitrogens with one attached hydrogen (secondary N) is 2. The Bertz CT molecular complexity index is 285. The second-order valence-corrected chi connectivity index (χ2v) is 2.34. The van der Waals surface area contributed by atoms with Crippen molar-refractivity contribution in [3.05, 3.63) is 24.3 Å². The molecule has 0 unspecified atom stereocenters. The van der Waals surface area contributed by atoms with E-state index in [1.165, 1.54) is 24.3 Å². The smallest absolute Gasteiger partial charge is 0.406 e. The SMILES string of the molecule is NNNc1ccc(OC(F)(F)F)cc1. The number of nitrogens with two attached hydrogens (primary N) is 1. The quantitative estimate of drug-likeness (QED) is 0.517. The lowest BCUT2D eigenvalue weighted by Crippen LogP contribution is -2.28. The topological polar surface area (TPSA) is 59.3 Å². The van der Waals surface area contributed by atoms with Gasteiger partial charge in [-0.15, -0.1) is 13.2 Å². The maximum absolute atomic E-state index is 11.7. The van der Waals surface area contributed by atoms with Gasteiger partial charge >= 0.3 is 6.36 Å². The molecule has 0 fully saturated rings. The summed E-state index contributed by atoms with van der Waals surface area (Å²) in [4.78, 5) is 0. The van der Waals surface area contributed by atoms with E-state index in [4.69, 9.17) is 5.84 Å². The first kappa shape index (κ1) is 10.6. The molecule has 0 aliphatic rings. The van der Waals surface area contributed by atoms with Crippen molar-refractivity contribution in [2.75, 3.05) is 5.43 Å². The highest BCUT2D eigenvalue weighted by atomic mass is 19.4. The third-order valence-electron chi connectivity index (χ3n) is 1.30. The fourth-order valence-corrected chi connectivity index (χ4v) is 0.823. The van der Waals surface area contributed by atoms with E-state index in [1.807, 2.05) is 0 Å². The molecule has 0 spiro atoms. The Morgan fingerprint density at radius 2 is 1.71 bits per heavy atom. The number of benzene rings is 1. The number of hydrogen-bond donors (Lipinski definition) is 3. The van der Waals surface area contributed by atoms with Gasteiger partial charge in [-0.05, 0) is 24.3 Å². The molecule has 7 heteroatoms. The van der Waals surface area contributed by atoms with Crippen LogP contribution in [0.4, 0.5) is 18.9 Å². The molecule has 78 valence electrons. The van der Waals surface area contributed by atoms with Crippen LogP contribution in [0.1, 0.15) is 0 Å². The molecule has 0 aromatic heterocycles. The van der Waals surface area contributed by atoms with Gasteiger partial charge in [0.05, 0.1) is 5.69 Å². The van der Waals surface area contributed by atoms with Gasteiger partial charge in [-0.1, -0.05) is 0 Å². The molecule has 1 aromatic carbocycles. The van der Waals surface area contributed by atoms with Crippen LogP contribution in [-0.2, 0) is 0 Å². The Morgan fingerprint density at radius 1 is 1.14 bits per heavy atom. The molecule has 0 atom stereocenters. The number of alkyl halides is 3. The zero-order valence-corrected chi connectivity index (χ0v) is 6.93. The Hall–Kier alpha value is -1.47. The third-order valence-corrected chi connectivity index (χ3v) is 1.30. The molecule has 0 bridgehead atoms. The first-order valence-corrected chi connectivity index (χ1v) is 3.59. The number of halogens is 3. The molecular weight excluding hydrogens is 199 g/mol. The Morgan fingerprint density at radius 3 is 2.14 bits per heavy atom. The highest BCUT2D eigenvalue weighted by molar-refractivity contribution is 5.45. The minimum Gasteiger partial charge on any atom is -0.406 e. The minimum atomic E-state index is -4.67. The van der Waals surface area contributed by atoms with Gasteiger partial charge in [0.1, 0.15) is 5.75 Å². The van der Waals surface area contributed by atoms with E-state index in [2.05, 4.69) is 15.7 Å². The molecule has 0 saturated heterocycles. The third kappa shape index (κ3) is 3.50. The zero-order chi connectivity index (χ0) is 10.6. The summed E-state index contributed by atoms with van der Waals surface area (Å²) < 4.78 is 38.8. The van der Waals surface area contributed by atoms with Gasteiger partial charge in [0, 0.05) is 0 Å². The van der Waals surface area contributed by atoms with Gasteiger partial charge in [0.25, 0.3) is 0 Å². The second kappa shape index (κ2) is 4.16. The Labute approximate surface area is 77.8 Å². The number of anilines is 1. The van der Waals surface area contributed by atoms with Crippen LogP contribution in [0.15, 0.2) is 24.3 Å². The Kier molecular flexibility index (Phi) is 3.15. The lowest BCUT2D eigenvalue weighted by atomic mass is 10.3. The summed E-state index contributed by atoms with van der Waals surface area (Å²) >= 11 is 0. The first-order valence-electron chi connectivity index (χ1n) is 3.59. The van der Waals surface area contributed by atoms with Crippen molar-refractivity contribution in [1.82, 2.24) is 5.53 Å². The van der Waals surface area contributed by atoms with Crippen LogP contribution in [0.2, 0.25) is 0 Å². The number of ether oxygens (including phenoxy) is 1. The van der Waals surface area contributed by atoms with Crippen LogP contribution in [-0.4, -0.2) is 6.36 Å². The monoisotopic (exact) mass is 207 g/mol. The summed E-state index contributed by atoms with van der Waals surface area (Å²) in [7, 11) is 0. The summed E-state index contributed by atoms with van der Waals surface area (Å²) in [6.45, 7) is 0. The van der Waals surface area contributed by atoms with Crippen molar-refractivity contribution in [1.29, 1.82) is 0 Å². The molecule has 14 heavy (non-hydrogen) atoms. The fraction of sp³-hybridized carbons (Fsp3) is 0.143. The minimum absolute atomic E-state index is 0.278. The van der Waals surface area contributed by atoms with E-state index in [1.54, 1.807) is 0 Å². The van der Waals surface area contributed by atoms with Crippen molar-refractivity contribution in [2.24, 2.45) is 5.84 Å². The van der Waals surface area contributed by atoms with Crippen LogP contribution in [0.3, 0.4) is 0 Å². The maximum Gasteiger partial charge on any atom is 0.573 e. The average molecular weight is 207 g/mol. The Balaban J connectivity index is 2.64. The number of hydrazine groups is 2. The number of rotatable bonds is 3. The lowest BCUT2D eigenvalue weighted by Gasteiger charge is -2.09. The molecule has 0 aliphatic heterocycles. The summed E-state index contributed by atoms with van der Waals surface area (Å²) in [6.07, 6.45) is -4.67. The second-order valence-electron chi connectivity index (χ2n) is 2.34. The van der Waals surface area contributed by atoms with Crippen molar-refractivity contribution in [3.8, 4) is 5.75 Å².